The van der Waals surface area contributed by atoms with Gasteiger partial charge in [-0.15, -0.1) is 23.5 Å². The molecule has 22 heavy (non-hydrogen) atoms. The molecule has 1 fully saturated rings. The second-order valence-corrected chi connectivity index (χ2v) is 7.73. The van der Waals surface area contributed by atoms with Crippen molar-refractivity contribution in [1.82, 2.24) is 4.90 Å². The number of aliphatic carboxylic acids is 1. The predicted octanol–water partition coefficient (Wildman–Crippen LogP) is 2.02. The van der Waals surface area contributed by atoms with Gasteiger partial charge in [0.05, 0.1) is 11.4 Å². The molecule has 0 bridgehead atoms. The van der Waals surface area contributed by atoms with E-state index in [1.165, 1.54) is 0 Å². The smallest absolute Gasteiger partial charge is 0.321 e. The number of phenolic OH excluding ortho intramolecular Hbond substituents is 1. The summed E-state index contributed by atoms with van der Waals surface area (Å²) in [7, 11) is 1.85. The van der Waals surface area contributed by atoms with E-state index in [2.05, 4.69) is 0 Å². The molecule has 3 rings (SSSR count). The van der Waals surface area contributed by atoms with Crippen molar-refractivity contribution < 1.29 is 15.0 Å². The number of aliphatic imine (C=N–C) groups is 1. The Hall–Kier alpha value is -1.18. The zero-order valence-electron chi connectivity index (χ0n) is 12.4. The lowest BCUT2D eigenvalue weighted by Gasteiger charge is -2.24. The summed E-state index contributed by atoms with van der Waals surface area (Å²) in [5.74, 6) is 0.890. The number of rotatable bonds is 3. The van der Waals surface area contributed by atoms with Gasteiger partial charge >= 0.3 is 5.97 Å². The number of carboxylic acids is 1. The number of nitrogens with zero attached hydrogens (tertiary/aromatic N) is 2. The minimum Gasteiger partial charge on any atom is -0.507 e. The molecule has 0 unspecified atom stereocenters. The quantitative estimate of drug-likeness (QED) is 0.878. The van der Waals surface area contributed by atoms with E-state index in [-0.39, 0.29) is 17.2 Å². The van der Waals surface area contributed by atoms with Gasteiger partial charge in [-0.3, -0.25) is 14.7 Å². The molecular formula is C15H18N2O3S2. The first-order valence-corrected chi connectivity index (χ1v) is 9.07. The van der Waals surface area contributed by atoms with Gasteiger partial charge in [0.1, 0.15) is 16.8 Å². The highest BCUT2D eigenvalue weighted by Crippen LogP contribution is 2.37. The normalized spacial score (nSPS) is 28.8. The summed E-state index contributed by atoms with van der Waals surface area (Å²) in [6.07, 6.45) is 0. The summed E-state index contributed by atoms with van der Waals surface area (Å²) in [6, 6.07) is 5.21. The van der Waals surface area contributed by atoms with E-state index in [4.69, 9.17) is 4.99 Å². The fourth-order valence-corrected chi connectivity index (χ4v) is 5.50. The average molecular weight is 338 g/mol. The molecule has 0 spiro atoms. The van der Waals surface area contributed by atoms with Crippen LogP contribution in [0.2, 0.25) is 0 Å². The van der Waals surface area contributed by atoms with Crippen molar-refractivity contribution in [2.24, 2.45) is 4.99 Å². The molecule has 0 saturated carbocycles. The van der Waals surface area contributed by atoms with E-state index in [9.17, 15) is 15.0 Å². The Morgan fingerprint density at radius 3 is 2.82 bits per heavy atom. The Bertz CT molecular complexity index is 635. The fraction of sp³-hybridized carbons (Fsp3) is 0.467. The van der Waals surface area contributed by atoms with Crippen LogP contribution in [0.5, 0.6) is 5.75 Å². The number of hydrogen-bond acceptors (Lipinski definition) is 6. The lowest BCUT2D eigenvalue weighted by molar-refractivity contribution is -0.141. The maximum atomic E-state index is 11.2. The summed E-state index contributed by atoms with van der Waals surface area (Å²) in [4.78, 5) is 17.8. The molecule has 1 aromatic carbocycles. The minimum absolute atomic E-state index is 0.0556. The van der Waals surface area contributed by atoms with Gasteiger partial charge < -0.3 is 10.2 Å². The third kappa shape index (κ3) is 2.85. The van der Waals surface area contributed by atoms with Crippen LogP contribution in [0.15, 0.2) is 23.2 Å². The molecule has 7 heteroatoms. The SMILES string of the molecule is Cc1ccc(C2=N[C@H]([C@@H]3SC[C@H](C(=O)O)N3C)CS2)c(O)c1. The number of carboxylic acid groups (broad SMARTS) is 1. The van der Waals surface area contributed by atoms with Gasteiger partial charge in [0.15, 0.2) is 0 Å². The van der Waals surface area contributed by atoms with Crippen LogP contribution in [0.3, 0.4) is 0 Å². The van der Waals surface area contributed by atoms with Crippen molar-refractivity contribution in [2.45, 2.75) is 24.4 Å². The molecule has 1 saturated heterocycles. The summed E-state index contributed by atoms with van der Waals surface area (Å²) < 4.78 is 0. The van der Waals surface area contributed by atoms with Gasteiger partial charge in [0.2, 0.25) is 0 Å². The van der Waals surface area contributed by atoms with Gasteiger partial charge in [-0.25, -0.2) is 0 Å². The average Bonchev–Trinajstić information content (AvgIpc) is 3.05. The van der Waals surface area contributed by atoms with Crippen LogP contribution in [-0.2, 0) is 4.79 Å². The van der Waals surface area contributed by atoms with Crippen LogP contribution in [-0.4, -0.2) is 62.1 Å². The molecule has 0 radical (unpaired) electrons. The standard InChI is InChI=1S/C15H18N2O3S2/c1-8-3-4-9(12(18)5-8)13-16-10(6-21-13)14-17(2)11(7-22-14)15(19)20/h3-5,10-11,14,18H,6-7H2,1-2H3,(H,19,20)/t10-,11+,14-/m0/s1. The summed E-state index contributed by atoms with van der Waals surface area (Å²) in [5, 5.41) is 20.2. The van der Waals surface area contributed by atoms with Gasteiger partial charge in [-0.1, -0.05) is 6.07 Å². The number of carbonyl (C=O) groups is 1. The molecule has 2 aliphatic heterocycles. The van der Waals surface area contributed by atoms with Crippen LogP contribution in [0.25, 0.3) is 0 Å². The predicted molar refractivity (Wildman–Crippen MR) is 91.1 cm³/mol. The molecule has 0 aliphatic carbocycles. The van der Waals surface area contributed by atoms with E-state index in [0.29, 0.717) is 5.75 Å². The van der Waals surface area contributed by atoms with Crippen molar-refractivity contribution in [3.63, 3.8) is 0 Å². The number of aromatic hydroxyl groups is 1. The van der Waals surface area contributed by atoms with Crippen molar-refractivity contribution >= 4 is 34.5 Å². The van der Waals surface area contributed by atoms with Crippen molar-refractivity contribution in [3.8, 4) is 5.75 Å². The van der Waals surface area contributed by atoms with Gasteiger partial charge in [-0.05, 0) is 31.7 Å². The Morgan fingerprint density at radius 2 is 2.18 bits per heavy atom. The molecular weight excluding hydrogens is 320 g/mol. The van der Waals surface area contributed by atoms with Crippen LogP contribution < -0.4 is 0 Å². The zero-order chi connectivity index (χ0) is 15.9. The van der Waals surface area contributed by atoms with Crippen LogP contribution in [0, 0.1) is 6.92 Å². The molecule has 2 heterocycles. The van der Waals surface area contributed by atoms with Gasteiger partial charge in [-0.2, -0.15) is 0 Å². The minimum atomic E-state index is -0.775. The van der Waals surface area contributed by atoms with E-state index < -0.39 is 12.0 Å². The van der Waals surface area contributed by atoms with E-state index in [1.807, 2.05) is 31.0 Å². The topological polar surface area (TPSA) is 73.1 Å². The molecule has 2 N–H and O–H groups in total. The van der Waals surface area contributed by atoms with E-state index in [1.54, 1.807) is 29.6 Å². The third-order valence-electron chi connectivity index (χ3n) is 3.99. The first-order chi connectivity index (χ1) is 10.5. The number of likely N-dealkylation sites (N-methyl/N-ethyl adjacent to an activating group) is 1. The van der Waals surface area contributed by atoms with Crippen molar-refractivity contribution in [2.75, 3.05) is 18.6 Å². The molecule has 2 aliphatic rings. The van der Waals surface area contributed by atoms with Gasteiger partial charge in [0, 0.05) is 17.1 Å². The molecule has 0 amide bonds. The lowest BCUT2D eigenvalue weighted by atomic mass is 10.1. The maximum absolute atomic E-state index is 11.2. The molecule has 0 aromatic heterocycles. The number of phenols is 1. The highest BCUT2D eigenvalue weighted by molar-refractivity contribution is 8.14. The van der Waals surface area contributed by atoms with Crippen molar-refractivity contribution in [1.29, 1.82) is 0 Å². The maximum Gasteiger partial charge on any atom is 0.321 e. The summed E-state index contributed by atoms with van der Waals surface area (Å²) >= 11 is 3.27. The monoisotopic (exact) mass is 338 g/mol. The second kappa shape index (κ2) is 6.14. The van der Waals surface area contributed by atoms with E-state index >= 15 is 0 Å². The van der Waals surface area contributed by atoms with Crippen LogP contribution >= 0.6 is 23.5 Å². The van der Waals surface area contributed by atoms with Crippen molar-refractivity contribution in [3.05, 3.63) is 29.3 Å². The Labute approximate surface area is 137 Å². The fourth-order valence-electron chi connectivity index (χ4n) is 2.74. The number of hydrogen-bond donors (Lipinski definition) is 2. The van der Waals surface area contributed by atoms with E-state index in [0.717, 1.165) is 21.9 Å². The number of benzene rings is 1. The zero-order valence-corrected chi connectivity index (χ0v) is 14.0. The summed E-state index contributed by atoms with van der Waals surface area (Å²) in [6.45, 7) is 1.94. The Morgan fingerprint density at radius 1 is 1.41 bits per heavy atom. The summed E-state index contributed by atoms with van der Waals surface area (Å²) in [5.41, 5.74) is 1.77. The second-order valence-electron chi connectivity index (χ2n) is 5.58. The molecule has 1 aromatic rings. The highest BCUT2D eigenvalue weighted by atomic mass is 32.2. The van der Waals surface area contributed by atoms with Gasteiger partial charge in [0.25, 0.3) is 0 Å². The first kappa shape index (κ1) is 15.7. The first-order valence-electron chi connectivity index (χ1n) is 7.04. The Kier molecular flexibility index (Phi) is 4.38. The van der Waals surface area contributed by atoms with Crippen LogP contribution in [0.4, 0.5) is 0 Å². The lowest BCUT2D eigenvalue weighted by Crippen LogP contribution is -2.42. The largest absolute Gasteiger partial charge is 0.507 e. The highest BCUT2D eigenvalue weighted by Gasteiger charge is 2.41. The molecule has 118 valence electrons. The number of aryl methyl sites for hydroxylation is 1. The number of thioether (sulfide) groups is 2. The third-order valence-corrected chi connectivity index (χ3v) is 6.59. The van der Waals surface area contributed by atoms with Crippen LogP contribution in [0.1, 0.15) is 11.1 Å². The molecule has 3 atom stereocenters. The molecule has 5 nitrogen and oxygen atoms in total. The Balaban J connectivity index is 1.79.